The molecule has 2 rings (SSSR count). The Morgan fingerprint density at radius 2 is 1.81 bits per heavy atom. The summed E-state index contributed by atoms with van der Waals surface area (Å²) in [7, 11) is 0. The first kappa shape index (κ1) is 15.9. The Bertz CT molecular complexity index is 482. The van der Waals surface area contributed by atoms with Crippen molar-refractivity contribution in [3.05, 3.63) is 24.3 Å². The molecular weight excluding hydrogens is 284 g/mol. The van der Waals surface area contributed by atoms with Crippen molar-refractivity contribution < 1.29 is 9.59 Å². The predicted molar refractivity (Wildman–Crippen MR) is 86.5 cm³/mol. The van der Waals surface area contributed by atoms with Crippen LogP contribution < -0.4 is 10.6 Å². The van der Waals surface area contributed by atoms with Crippen molar-refractivity contribution >= 4 is 29.3 Å². The molecule has 0 atom stereocenters. The molecule has 114 valence electrons. The zero-order valence-corrected chi connectivity index (χ0v) is 13.2. The lowest BCUT2D eigenvalue weighted by atomic mass is 9.95. The molecule has 0 radical (unpaired) electrons. The van der Waals surface area contributed by atoms with Crippen molar-refractivity contribution in [2.75, 3.05) is 11.1 Å². The van der Waals surface area contributed by atoms with E-state index in [-0.39, 0.29) is 11.8 Å². The second kappa shape index (κ2) is 8.08. The molecule has 5 heteroatoms. The van der Waals surface area contributed by atoms with Crippen molar-refractivity contribution in [1.29, 1.82) is 0 Å². The topological polar surface area (TPSA) is 58.2 Å². The van der Waals surface area contributed by atoms with Gasteiger partial charge in [0.1, 0.15) is 0 Å². The van der Waals surface area contributed by atoms with Crippen LogP contribution in [0.3, 0.4) is 0 Å². The van der Waals surface area contributed by atoms with E-state index in [9.17, 15) is 9.59 Å². The van der Waals surface area contributed by atoms with Gasteiger partial charge in [-0.25, -0.2) is 0 Å². The van der Waals surface area contributed by atoms with Crippen molar-refractivity contribution in [1.82, 2.24) is 5.32 Å². The van der Waals surface area contributed by atoms with E-state index >= 15 is 0 Å². The zero-order valence-electron chi connectivity index (χ0n) is 12.4. The number of thioether (sulfide) groups is 1. The molecule has 0 saturated heterocycles. The van der Waals surface area contributed by atoms with Crippen molar-refractivity contribution in [3.8, 4) is 0 Å². The third kappa shape index (κ3) is 5.79. The van der Waals surface area contributed by atoms with E-state index in [1.165, 1.54) is 37.9 Å². The Morgan fingerprint density at radius 3 is 2.43 bits per heavy atom. The lowest BCUT2D eigenvalue weighted by molar-refractivity contribution is -0.119. The molecular formula is C16H22N2O2S. The van der Waals surface area contributed by atoms with Crippen LogP contribution in [0.1, 0.15) is 39.0 Å². The fraction of sp³-hybridized carbons (Fsp3) is 0.500. The minimum absolute atomic E-state index is 0.0812. The predicted octanol–water partition coefficient (Wildman–Crippen LogP) is 3.19. The molecule has 0 aromatic heterocycles. The molecule has 2 amide bonds. The first-order valence-electron chi connectivity index (χ1n) is 7.43. The Balaban J connectivity index is 1.74. The molecule has 1 fully saturated rings. The normalized spacial score (nSPS) is 15.5. The average Bonchev–Trinajstić information content (AvgIpc) is 2.47. The molecule has 2 N–H and O–H groups in total. The largest absolute Gasteiger partial charge is 0.353 e. The van der Waals surface area contributed by atoms with Gasteiger partial charge in [0.15, 0.2) is 0 Å². The standard InChI is InChI=1S/C16H22N2O2S/c1-12(19)17-14-7-9-15(10-8-14)21-11-16(20)18-13-5-3-2-4-6-13/h7-10,13H,2-6,11H2,1H3,(H,17,19)(H,18,20). The summed E-state index contributed by atoms with van der Waals surface area (Å²) in [5, 5.41) is 5.83. The average molecular weight is 306 g/mol. The number of benzene rings is 1. The van der Waals surface area contributed by atoms with Crippen LogP contribution in [0.2, 0.25) is 0 Å². The van der Waals surface area contributed by atoms with Crippen LogP contribution in [-0.2, 0) is 9.59 Å². The number of nitrogens with one attached hydrogen (secondary N) is 2. The van der Waals surface area contributed by atoms with Crippen molar-refractivity contribution in [2.45, 2.75) is 50.0 Å². The fourth-order valence-electron chi connectivity index (χ4n) is 2.50. The number of rotatable bonds is 5. The van der Waals surface area contributed by atoms with Crippen molar-refractivity contribution in [3.63, 3.8) is 0 Å². The molecule has 0 unspecified atom stereocenters. The molecule has 4 nitrogen and oxygen atoms in total. The highest BCUT2D eigenvalue weighted by Gasteiger charge is 2.15. The zero-order chi connectivity index (χ0) is 15.1. The van der Waals surface area contributed by atoms with Gasteiger partial charge in [0.2, 0.25) is 11.8 Å². The summed E-state index contributed by atoms with van der Waals surface area (Å²) < 4.78 is 0. The van der Waals surface area contributed by atoms with Crippen LogP contribution in [0.5, 0.6) is 0 Å². The van der Waals surface area contributed by atoms with Gasteiger partial charge in [-0.05, 0) is 37.1 Å². The highest BCUT2D eigenvalue weighted by molar-refractivity contribution is 8.00. The van der Waals surface area contributed by atoms with Crippen molar-refractivity contribution in [2.24, 2.45) is 0 Å². The summed E-state index contributed by atoms with van der Waals surface area (Å²) in [4.78, 5) is 23.9. The van der Waals surface area contributed by atoms with E-state index in [4.69, 9.17) is 0 Å². The van der Waals surface area contributed by atoms with Gasteiger partial charge in [-0.1, -0.05) is 19.3 Å². The van der Waals surface area contributed by atoms with Crippen LogP contribution in [0, 0.1) is 0 Å². The second-order valence-electron chi connectivity index (χ2n) is 5.40. The Hall–Kier alpha value is -1.49. The van der Waals surface area contributed by atoms with Gasteiger partial charge in [-0.15, -0.1) is 11.8 Å². The van der Waals surface area contributed by atoms with E-state index in [1.54, 1.807) is 0 Å². The van der Waals surface area contributed by atoms with Gasteiger partial charge in [0.25, 0.3) is 0 Å². The molecule has 1 aromatic rings. The fourth-order valence-corrected chi connectivity index (χ4v) is 3.21. The second-order valence-corrected chi connectivity index (χ2v) is 6.45. The van der Waals surface area contributed by atoms with E-state index in [0.29, 0.717) is 11.8 Å². The highest BCUT2D eigenvalue weighted by Crippen LogP contribution is 2.21. The van der Waals surface area contributed by atoms with Crippen LogP contribution in [0.15, 0.2) is 29.2 Å². The molecule has 1 aromatic carbocycles. The first-order chi connectivity index (χ1) is 10.1. The van der Waals surface area contributed by atoms with Crippen LogP contribution >= 0.6 is 11.8 Å². The molecule has 1 saturated carbocycles. The SMILES string of the molecule is CC(=O)Nc1ccc(SCC(=O)NC2CCCCC2)cc1. The number of hydrogen-bond donors (Lipinski definition) is 2. The van der Waals surface area contributed by atoms with Crippen LogP contribution in [0.4, 0.5) is 5.69 Å². The minimum atomic E-state index is -0.0812. The molecule has 0 heterocycles. The maximum absolute atomic E-state index is 11.9. The molecule has 1 aliphatic rings. The number of amides is 2. The third-order valence-electron chi connectivity index (χ3n) is 3.51. The third-order valence-corrected chi connectivity index (χ3v) is 4.53. The van der Waals surface area contributed by atoms with Gasteiger partial charge >= 0.3 is 0 Å². The van der Waals surface area contributed by atoms with Gasteiger partial charge < -0.3 is 10.6 Å². The summed E-state index contributed by atoms with van der Waals surface area (Å²) >= 11 is 1.52. The monoisotopic (exact) mass is 306 g/mol. The summed E-state index contributed by atoms with van der Waals surface area (Å²) in [5.74, 6) is 0.468. The van der Waals surface area contributed by atoms with Gasteiger partial charge in [-0.3, -0.25) is 9.59 Å². The van der Waals surface area contributed by atoms with E-state index in [0.717, 1.165) is 23.4 Å². The number of carbonyl (C=O) groups excluding carboxylic acids is 2. The quantitative estimate of drug-likeness (QED) is 0.821. The van der Waals surface area contributed by atoms with E-state index in [1.807, 2.05) is 24.3 Å². The van der Waals surface area contributed by atoms with Crippen LogP contribution in [0.25, 0.3) is 0 Å². The first-order valence-corrected chi connectivity index (χ1v) is 8.42. The maximum atomic E-state index is 11.9. The summed E-state index contributed by atoms with van der Waals surface area (Å²) in [6.07, 6.45) is 5.97. The lowest BCUT2D eigenvalue weighted by Gasteiger charge is -2.22. The number of anilines is 1. The van der Waals surface area contributed by atoms with Gasteiger partial charge in [-0.2, -0.15) is 0 Å². The molecule has 21 heavy (non-hydrogen) atoms. The summed E-state index contributed by atoms with van der Waals surface area (Å²) in [6, 6.07) is 7.91. The molecule has 0 aliphatic heterocycles. The summed E-state index contributed by atoms with van der Waals surface area (Å²) in [5.41, 5.74) is 0.776. The lowest BCUT2D eigenvalue weighted by Crippen LogP contribution is -2.37. The Labute approximate surface area is 130 Å². The maximum Gasteiger partial charge on any atom is 0.230 e. The Morgan fingerprint density at radius 1 is 1.14 bits per heavy atom. The van der Waals surface area contributed by atoms with Gasteiger partial charge in [0.05, 0.1) is 5.75 Å². The Kier molecular flexibility index (Phi) is 6.11. The van der Waals surface area contributed by atoms with Crippen LogP contribution in [-0.4, -0.2) is 23.6 Å². The number of hydrogen-bond acceptors (Lipinski definition) is 3. The number of carbonyl (C=O) groups is 2. The molecule has 0 bridgehead atoms. The van der Waals surface area contributed by atoms with E-state index in [2.05, 4.69) is 10.6 Å². The van der Waals surface area contributed by atoms with E-state index < -0.39 is 0 Å². The minimum Gasteiger partial charge on any atom is -0.353 e. The van der Waals surface area contributed by atoms with Gasteiger partial charge in [0, 0.05) is 23.5 Å². The smallest absolute Gasteiger partial charge is 0.230 e. The highest BCUT2D eigenvalue weighted by atomic mass is 32.2. The summed E-state index contributed by atoms with van der Waals surface area (Å²) in [6.45, 7) is 1.48. The molecule has 0 spiro atoms. The molecule has 1 aliphatic carbocycles.